The third-order valence-corrected chi connectivity index (χ3v) is 5.53. The largest absolute Gasteiger partial charge is 0.418 e. The summed E-state index contributed by atoms with van der Waals surface area (Å²) in [5.41, 5.74) is 0.743. The molecule has 2 N–H and O–H groups in total. The van der Waals surface area contributed by atoms with Crippen molar-refractivity contribution < 1.29 is 18.3 Å². The number of aromatic nitrogens is 1. The molecule has 3 nitrogen and oxygen atoms in total. The Balaban J connectivity index is 1.85. The Kier molecular flexibility index (Phi) is 5.56. The monoisotopic (exact) mass is 400 g/mol. The molecule has 152 valence electrons. The topological polar surface area (TPSA) is 45.1 Å². The predicted octanol–water partition coefficient (Wildman–Crippen LogP) is 5.49. The number of benzene rings is 2. The summed E-state index contributed by atoms with van der Waals surface area (Å²) in [6.45, 7) is 0.905. The molecule has 3 aromatic rings. The number of pyridine rings is 1. The lowest BCUT2D eigenvalue weighted by atomic mass is 9.92. The fraction of sp³-hybridized carbons (Fsp3) is 0.348. The van der Waals surface area contributed by atoms with E-state index in [1.807, 2.05) is 30.3 Å². The lowest BCUT2D eigenvalue weighted by Gasteiger charge is -2.26. The van der Waals surface area contributed by atoms with Gasteiger partial charge in [-0.3, -0.25) is 0 Å². The maximum absolute atomic E-state index is 13.6. The average Bonchev–Trinajstić information content (AvgIpc) is 2.73. The second kappa shape index (κ2) is 8.13. The van der Waals surface area contributed by atoms with Gasteiger partial charge in [0.05, 0.1) is 22.9 Å². The van der Waals surface area contributed by atoms with Crippen LogP contribution in [0.1, 0.15) is 42.9 Å². The van der Waals surface area contributed by atoms with Crippen LogP contribution in [0.25, 0.3) is 22.2 Å². The Morgan fingerprint density at radius 3 is 2.55 bits per heavy atom. The summed E-state index contributed by atoms with van der Waals surface area (Å²) in [4.78, 5) is 4.36. The number of hydrogen-bond acceptors (Lipinski definition) is 3. The van der Waals surface area contributed by atoms with Gasteiger partial charge in [-0.25, -0.2) is 4.98 Å². The van der Waals surface area contributed by atoms with Gasteiger partial charge in [-0.1, -0.05) is 48.9 Å². The van der Waals surface area contributed by atoms with Crippen LogP contribution in [0.3, 0.4) is 0 Å². The van der Waals surface area contributed by atoms with E-state index < -0.39 is 17.8 Å². The summed E-state index contributed by atoms with van der Waals surface area (Å²) in [7, 11) is 0. The number of aliphatic hydroxyl groups excluding tert-OH is 1. The minimum Gasteiger partial charge on any atom is -0.388 e. The first-order chi connectivity index (χ1) is 13.9. The highest BCUT2D eigenvalue weighted by atomic mass is 19.4. The van der Waals surface area contributed by atoms with Gasteiger partial charge in [0.25, 0.3) is 0 Å². The standard InChI is InChI=1S/C23H23F3N2O/c24-23(25,26)19-11-6-10-17-18(21(29)13-16-9-4-5-12-27-16)14-20(28-22(17)19)15-7-2-1-3-8-15/h1-3,6-8,10-11,14,16,21,27,29H,4-5,9,12-13H2. The Hall–Kier alpha value is -2.44. The summed E-state index contributed by atoms with van der Waals surface area (Å²) in [5, 5.41) is 14.7. The van der Waals surface area contributed by atoms with Gasteiger partial charge in [0.1, 0.15) is 0 Å². The quantitative estimate of drug-likeness (QED) is 0.609. The number of para-hydroxylation sites is 1. The zero-order valence-corrected chi connectivity index (χ0v) is 15.9. The normalized spacial score (nSPS) is 18.7. The second-order valence-corrected chi connectivity index (χ2v) is 7.56. The van der Waals surface area contributed by atoms with Crippen LogP contribution >= 0.6 is 0 Å². The molecule has 0 bridgehead atoms. The van der Waals surface area contributed by atoms with Gasteiger partial charge < -0.3 is 10.4 Å². The Morgan fingerprint density at radius 1 is 1.07 bits per heavy atom. The van der Waals surface area contributed by atoms with Crippen molar-refractivity contribution >= 4 is 10.9 Å². The van der Waals surface area contributed by atoms with Crippen molar-refractivity contribution in [3.05, 3.63) is 65.7 Å². The molecule has 2 heterocycles. The van der Waals surface area contributed by atoms with Crippen molar-refractivity contribution in [2.45, 2.75) is 44.0 Å². The van der Waals surface area contributed by atoms with E-state index in [2.05, 4.69) is 10.3 Å². The SMILES string of the molecule is OC(CC1CCCCN1)c1cc(-c2ccccc2)nc2c(C(F)(F)F)cccc12. The maximum Gasteiger partial charge on any atom is 0.418 e. The zero-order valence-electron chi connectivity index (χ0n) is 15.9. The Labute approximate surface area is 167 Å². The molecule has 1 saturated heterocycles. The summed E-state index contributed by atoms with van der Waals surface area (Å²) < 4.78 is 40.9. The van der Waals surface area contributed by atoms with Crippen LogP contribution in [-0.2, 0) is 6.18 Å². The minimum absolute atomic E-state index is 0.119. The number of nitrogens with one attached hydrogen (secondary N) is 1. The fourth-order valence-corrected chi connectivity index (χ4v) is 4.06. The highest BCUT2D eigenvalue weighted by Crippen LogP contribution is 2.38. The molecular formula is C23H23F3N2O. The van der Waals surface area contributed by atoms with Crippen LogP contribution < -0.4 is 5.32 Å². The van der Waals surface area contributed by atoms with Gasteiger partial charge in [-0.15, -0.1) is 0 Å². The number of aliphatic hydroxyl groups is 1. The third kappa shape index (κ3) is 4.28. The van der Waals surface area contributed by atoms with Crippen LogP contribution in [0, 0.1) is 0 Å². The minimum atomic E-state index is -4.52. The van der Waals surface area contributed by atoms with Gasteiger partial charge >= 0.3 is 6.18 Å². The van der Waals surface area contributed by atoms with Crippen LogP contribution in [0.2, 0.25) is 0 Å². The molecule has 0 saturated carbocycles. The van der Waals surface area contributed by atoms with E-state index in [4.69, 9.17) is 0 Å². The summed E-state index contributed by atoms with van der Waals surface area (Å²) in [5.74, 6) is 0. The van der Waals surface area contributed by atoms with Gasteiger partial charge in [0.2, 0.25) is 0 Å². The first kappa shape index (κ1) is 19.9. The van der Waals surface area contributed by atoms with Crippen molar-refractivity contribution in [3.8, 4) is 11.3 Å². The second-order valence-electron chi connectivity index (χ2n) is 7.56. The van der Waals surface area contributed by atoms with Gasteiger partial charge in [0, 0.05) is 17.0 Å². The zero-order chi connectivity index (χ0) is 20.4. The molecule has 0 radical (unpaired) electrons. The molecule has 6 heteroatoms. The Morgan fingerprint density at radius 2 is 1.86 bits per heavy atom. The number of rotatable bonds is 4. The predicted molar refractivity (Wildman–Crippen MR) is 107 cm³/mol. The van der Waals surface area contributed by atoms with Crippen molar-refractivity contribution in [2.75, 3.05) is 6.54 Å². The molecular weight excluding hydrogens is 377 g/mol. The van der Waals surface area contributed by atoms with E-state index in [1.54, 1.807) is 12.1 Å². The van der Waals surface area contributed by atoms with Crippen molar-refractivity contribution in [1.82, 2.24) is 10.3 Å². The number of alkyl halides is 3. The molecule has 2 atom stereocenters. The maximum atomic E-state index is 13.6. The van der Waals surface area contributed by atoms with Crippen molar-refractivity contribution in [1.29, 1.82) is 0 Å². The molecule has 1 aromatic heterocycles. The first-order valence-electron chi connectivity index (χ1n) is 9.91. The molecule has 0 aliphatic carbocycles. The van der Waals surface area contributed by atoms with Crippen LogP contribution in [-0.4, -0.2) is 22.7 Å². The molecule has 2 aromatic carbocycles. The van der Waals surface area contributed by atoms with E-state index >= 15 is 0 Å². The van der Waals surface area contributed by atoms with E-state index in [0.717, 1.165) is 37.4 Å². The molecule has 4 rings (SSSR count). The van der Waals surface area contributed by atoms with E-state index in [0.29, 0.717) is 23.1 Å². The van der Waals surface area contributed by atoms with E-state index in [-0.39, 0.29) is 11.6 Å². The number of hydrogen-bond donors (Lipinski definition) is 2. The average molecular weight is 400 g/mol. The molecule has 0 spiro atoms. The third-order valence-electron chi connectivity index (χ3n) is 5.53. The van der Waals surface area contributed by atoms with Gasteiger partial charge in [-0.2, -0.15) is 13.2 Å². The lowest BCUT2D eigenvalue weighted by molar-refractivity contribution is -0.136. The highest BCUT2D eigenvalue weighted by molar-refractivity contribution is 5.88. The molecule has 29 heavy (non-hydrogen) atoms. The summed E-state index contributed by atoms with van der Waals surface area (Å²) >= 11 is 0. The van der Waals surface area contributed by atoms with Crippen molar-refractivity contribution in [2.24, 2.45) is 0 Å². The molecule has 1 fully saturated rings. The molecule has 0 amide bonds. The summed E-state index contributed by atoms with van der Waals surface area (Å²) in [6.07, 6.45) is -1.77. The number of nitrogens with zero attached hydrogens (tertiary/aromatic N) is 1. The highest BCUT2D eigenvalue weighted by Gasteiger charge is 2.34. The summed E-state index contributed by atoms with van der Waals surface area (Å²) in [6, 6.07) is 15.0. The Bertz CT molecular complexity index is 983. The molecule has 2 unspecified atom stereocenters. The fourth-order valence-electron chi connectivity index (χ4n) is 4.06. The smallest absolute Gasteiger partial charge is 0.388 e. The van der Waals surface area contributed by atoms with E-state index in [9.17, 15) is 18.3 Å². The number of halogens is 3. The van der Waals surface area contributed by atoms with Crippen LogP contribution in [0.4, 0.5) is 13.2 Å². The number of fused-ring (bicyclic) bond motifs is 1. The molecule has 1 aliphatic heterocycles. The van der Waals surface area contributed by atoms with Crippen LogP contribution in [0.15, 0.2) is 54.6 Å². The van der Waals surface area contributed by atoms with Crippen LogP contribution in [0.5, 0.6) is 0 Å². The first-order valence-corrected chi connectivity index (χ1v) is 9.91. The lowest BCUT2D eigenvalue weighted by Crippen LogP contribution is -2.35. The van der Waals surface area contributed by atoms with Crippen molar-refractivity contribution in [3.63, 3.8) is 0 Å². The molecule has 1 aliphatic rings. The van der Waals surface area contributed by atoms with E-state index in [1.165, 1.54) is 6.07 Å². The van der Waals surface area contributed by atoms with Gasteiger partial charge in [-0.05, 0) is 43.5 Å². The number of piperidine rings is 1. The van der Waals surface area contributed by atoms with Gasteiger partial charge in [0.15, 0.2) is 0 Å².